The van der Waals surface area contributed by atoms with E-state index in [0.717, 1.165) is 11.4 Å². The number of fused-ring (bicyclic) bond motifs is 6. The van der Waals surface area contributed by atoms with Crippen molar-refractivity contribution < 1.29 is 87.1 Å². The number of hydroxylamine groups is 1. The minimum Gasteiger partial charge on any atom is -0.507 e. The summed E-state index contributed by atoms with van der Waals surface area (Å²) in [5, 5.41) is 53.3. The van der Waals surface area contributed by atoms with Crippen LogP contribution in [0.5, 0.6) is 23.0 Å². The number of aliphatic hydroxyl groups is 2. The monoisotopic (exact) mass is 1210 g/mol. The molecule has 78 heavy (non-hydrogen) atoms. The van der Waals surface area contributed by atoms with Gasteiger partial charge in [-0.25, -0.2) is 5.48 Å². The zero-order chi connectivity index (χ0) is 55.3. The molecular weight excluding hydrogens is 1150 g/mol. The largest absolute Gasteiger partial charge is 0.507 e. The summed E-state index contributed by atoms with van der Waals surface area (Å²) in [7, 11) is 1.33. The molecule has 7 N–H and O–H groups in total. The van der Waals surface area contributed by atoms with Crippen LogP contribution in [0.25, 0.3) is 0 Å². The molecule has 23 nitrogen and oxygen atoms in total. The highest BCUT2D eigenvalue weighted by molar-refractivity contribution is 9.08. The van der Waals surface area contributed by atoms with E-state index in [1.165, 1.54) is 25.3 Å². The number of ether oxygens (including phenoxy) is 8. The van der Waals surface area contributed by atoms with Crippen molar-refractivity contribution in [3.63, 3.8) is 0 Å². The van der Waals surface area contributed by atoms with Crippen LogP contribution in [0.2, 0.25) is 0 Å². The number of pyridine rings is 1. The summed E-state index contributed by atoms with van der Waals surface area (Å²) < 4.78 is 46.5. The maximum absolute atomic E-state index is 14.2. The highest BCUT2D eigenvalue weighted by Gasteiger charge is 2.55. The number of ketones is 2. The van der Waals surface area contributed by atoms with Crippen molar-refractivity contribution >= 4 is 66.8 Å². The number of anilines is 1. The molecule has 3 saturated heterocycles. The summed E-state index contributed by atoms with van der Waals surface area (Å²) >= 11 is 6.81. The first-order valence-electron chi connectivity index (χ1n) is 25.2. The van der Waals surface area contributed by atoms with Gasteiger partial charge in [-0.3, -0.25) is 38.7 Å². The number of carbonyl (C=O) groups excluding carboxylic acids is 5. The lowest BCUT2D eigenvalue weighted by Crippen LogP contribution is -2.55. The zero-order valence-corrected chi connectivity index (χ0v) is 45.7. The van der Waals surface area contributed by atoms with Gasteiger partial charge in [0.25, 0.3) is 5.91 Å². The van der Waals surface area contributed by atoms with E-state index in [0.29, 0.717) is 54.0 Å². The predicted molar refractivity (Wildman–Crippen MR) is 279 cm³/mol. The quantitative estimate of drug-likeness (QED) is 0.0226. The van der Waals surface area contributed by atoms with Gasteiger partial charge >= 0.3 is 0 Å². The van der Waals surface area contributed by atoms with Crippen LogP contribution >= 0.6 is 31.9 Å². The van der Waals surface area contributed by atoms with E-state index in [4.69, 9.17) is 42.7 Å². The van der Waals surface area contributed by atoms with Gasteiger partial charge in [-0.1, -0.05) is 56.1 Å². The molecule has 418 valence electrons. The lowest BCUT2D eigenvalue weighted by Gasteiger charge is -2.43. The molecular formula is C53H59Br2N5O18. The number of hydrogen-bond donors (Lipinski definition) is 7. The predicted octanol–water partition coefficient (Wildman–Crippen LogP) is 3.49. The van der Waals surface area contributed by atoms with Crippen LogP contribution < -0.4 is 25.6 Å². The number of aromatic hydroxyl groups is 2. The van der Waals surface area contributed by atoms with Crippen LogP contribution in [0.4, 0.5) is 5.69 Å². The van der Waals surface area contributed by atoms with Gasteiger partial charge in [-0.2, -0.15) is 0 Å². The average molecular weight is 1210 g/mol. The van der Waals surface area contributed by atoms with Crippen LogP contribution in [0.15, 0.2) is 54.6 Å². The van der Waals surface area contributed by atoms with E-state index < -0.39 is 102 Å². The molecule has 4 heterocycles. The van der Waals surface area contributed by atoms with Crippen LogP contribution in [-0.4, -0.2) is 162 Å². The van der Waals surface area contributed by atoms with Gasteiger partial charge in [-0.15, -0.1) is 0 Å². The number of halogens is 2. The molecule has 8 atom stereocenters. The van der Waals surface area contributed by atoms with Crippen molar-refractivity contribution in [3.05, 3.63) is 105 Å². The minimum absolute atomic E-state index is 0.0338. The van der Waals surface area contributed by atoms with Gasteiger partial charge < -0.3 is 69.0 Å². The van der Waals surface area contributed by atoms with Crippen molar-refractivity contribution in [2.45, 2.75) is 98.6 Å². The summed E-state index contributed by atoms with van der Waals surface area (Å²) in [5.74, 6) is -4.15. The van der Waals surface area contributed by atoms with Gasteiger partial charge in [0, 0.05) is 83.4 Å². The number of alkyl halides is 2. The molecule has 5 aliphatic rings. The summed E-state index contributed by atoms with van der Waals surface area (Å²) in [4.78, 5) is 79.3. The number of phenols is 2. The number of aliphatic hydroxyl groups excluding tert-OH is 1. The Balaban J connectivity index is 0.773. The molecule has 2 aliphatic carbocycles. The average Bonchev–Trinajstić information content (AvgIpc) is 3.40. The third-order valence-electron chi connectivity index (χ3n) is 14.0. The number of aromatic nitrogens is 1. The Morgan fingerprint density at radius 2 is 1.62 bits per heavy atom. The fourth-order valence-electron chi connectivity index (χ4n) is 10.3. The second kappa shape index (κ2) is 25.2. The number of morpholine rings is 1. The Kier molecular flexibility index (Phi) is 18.4. The molecule has 3 aromatic carbocycles. The molecule has 3 aliphatic heterocycles. The second-order valence-electron chi connectivity index (χ2n) is 19.1. The van der Waals surface area contributed by atoms with E-state index in [9.17, 15) is 44.4 Å². The summed E-state index contributed by atoms with van der Waals surface area (Å²) in [6.45, 7) is 3.36. The van der Waals surface area contributed by atoms with Gasteiger partial charge in [-0.05, 0) is 30.7 Å². The number of methoxy groups -OCH3 is 1. The fourth-order valence-corrected chi connectivity index (χ4v) is 10.9. The zero-order valence-electron chi connectivity index (χ0n) is 42.5. The van der Waals surface area contributed by atoms with Crippen molar-refractivity contribution in [1.29, 1.82) is 0 Å². The molecule has 0 unspecified atom stereocenters. The number of carbonyl (C=O) groups is 5. The Bertz CT molecular complexity index is 2880. The number of benzene rings is 3. The Morgan fingerprint density at radius 1 is 0.897 bits per heavy atom. The number of rotatable bonds is 22. The summed E-state index contributed by atoms with van der Waals surface area (Å²) in [6, 6.07) is 14.2. The number of nitrogens with zero attached hydrogens (tertiary/aromatic N) is 2. The molecule has 0 saturated carbocycles. The van der Waals surface area contributed by atoms with Crippen LogP contribution in [0, 0.1) is 0 Å². The molecule has 0 spiro atoms. The minimum atomic E-state index is -2.41. The van der Waals surface area contributed by atoms with Gasteiger partial charge in [0.2, 0.25) is 17.6 Å². The van der Waals surface area contributed by atoms with E-state index in [-0.39, 0.29) is 85.8 Å². The lowest BCUT2D eigenvalue weighted by molar-refractivity contribution is -0.252. The first-order valence-corrected chi connectivity index (χ1v) is 27.4. The molecule has 3 amide bonds. The number of phenolic OH excluding ortho intramolecular Hbond substituents is 2. The second-order valence-corrected chi connectivity index (χ2v) is 20.2. The van der Waals surface area contributed by atoms with Crippen molar-refractivity contribution in [3.8, 4) is 23.0 Å². The van der Waals surface area contributed by atoms with E-state index in [1.807, 2.05) is 17.0 Å². The summed E-state index contributed by atoms with van der Waals surface area (Å²) in [5.41, 5.74) is 1.01. The molecule has 1 aromatic heterocycles. The number of nitrogens with one attached hydrogen (secondary N) is 3. The number of hydrogen-bond acceptors (Lipinski definition) is 20. The highest BCUT2D eigenvalue weighted by atomic mass is 79.9. The molecule has 0 radical (unpaired) electrons. The lowest BCUT2D eigenvalue weighted by atomic mass is 9.72. The third-order valence-corrected chi connectivity index (χ3v) is 15.1. The normalized spacial score (nSPS) is 24.3. The molecule has 9 rings (SSSR count). The topological polar surface area (TPSA) is 302 Å². The van der Waals surface area contributed by atoms with E-state index in [1.54, 1.807) is 31.2 Å². The maximum atomic E-state index is 14.2. The molecule has 3 fully saturated rings. The molecule has 4 aromatic rings. The van der Waals surface area contributed by atoms with Crippen LogP contribution in [0.1, 0.15) is 92.2 Å². The van der Waals surface area contributed by atoms with Gasteiger partial charge in [0.05, 0.1) is 93.6 Å². The van der Waals surface area contributed by atoms with Crippen LogP contribution in [-0.2, 0) is 71.3 Å². The van der Waals surface area contributed by atoms with Crippen molar-refractivity contribution in [2.24, 2.45) is 0 Å². The number of amides is 3. The fraction of sp³-hybridized carbons (Fsp3) is 0.472. The first-order chi connectivity index (χ1) is 37.6. The SMILES string of the molecule is COc1cccc2c1C(=O)c1c(O)c3c(c(O)c1C2=O)C[C@@](O)(C(=O)NOCc1ccc(NC(=O)CNC(=O)CCOCCOCCOc2cc(CBr)nc(CBr)c2)cc1)C[C@@H]3O[C@H]1C[C@H]2[C@H](O[C@@H]3[C@@H](O)OCCN32)[C@H](C)O1. The maximum Gasteiger partial charge on any atom is 0.275 e. The van der Waals surface area contributed by atoms with Crippen molar-refractivity contribution in [2.75, 3.05) is 65.2 Å². The molecule has 0 bridgehead atoms. The highest BCUT2D eigenvalue weighted by Crippen LogP contribution is 2.53. The molecule has 25 heteroatoms. The standard InChI is InChI=1S/C53H59Br2N5O18/c1-27-49-35(60-11-13-74-51(67)50(60)78-49)20-40(76-27)77-37-22-53(69,21-34-42(37)48(66)44-43(46(34)64)45(63)33-4-3-5-36(70-2)41(33)47(44)65)52(68)59-75-26-28-6-8-29(9-7-28)58-39(62)25-56-38(61)10-12-71-14-15-72-16-17-73-32-18-30(23-54)57-31(19-32)24-55/h3-9,18-19,27,35,37,40,49-51,64,66-67,69H,10-17,20-26H2,1-2H3,(H,56,61)(H,58,62)(H,59,68)/t27-,35-,37-,40-,49+,50+,51-,53-/m0/s1. The van der Waals surface area contributed by atoms with Crippen LogP contribution in [0.3, 0.4) is 0 Å². The van der Waals surface area contributed by atoms with Gasteiger partial charge in [0.15, 0.2) is 30.2 Å². The first kappa shape index (κ1) is 57.0. The van der Waals surface area contributed by atoms with E-state index >= 15 is 0 Å². The van der Waals surface area contributed by atoms with Gasteiger partial charge in [0.1, 0.15) is 35.7 Å². The third kappa shape index (κ3) is 12.4. The Morgan fingerprint density at radius 3 is 2.35 bits per heavy atom. The van der Waals surface area contributed by atoms with E-state index in [2.05, 4.69) is 53.0 Å². The van der Waals surface area contributed by atoms with Crippen molar-refractivity contribution in [1.82, 2.24) is 20.7 Å². The smallest absolute Gasteiger partial charge is 0.275 e. The Hall–Kier alpha value is -5.68. The summed E-state index contributed by atoms with van der Waals surface area (Å²) in [6.07, 6.45) is -6.48. The Labute approximate surface area is 464 Å².